The number of nitrogens with zero attached hydrogens (tertiary/aromatic N) is 6. The summed E-state index contributed by atoms with van der Waals surface area (Å²) in [5.41, 5.74) is 3.34. The molecule has 45 heavy (non-hydrogen) atoms. The van der Waals surface area contributed by atoms with E-state index in [0.717, 1.165) is 70.4 Å². The van der Waals surface area contributed by atoms with Crippen LogP contribution in [0.2, 0.25) is 0 Å². The molecule has 1 spiro atoms. The van der Waals surface area contributed by atoms with E-state index in [1.165, 1.54) is 41.9 Å². The topological polar surface area (TPSA) is 115 Å². The molecule has 2 N–H and O–H groups in total. The highest BCUT2D eigenvalue weighted by Gasteiger charge is 2.56. The molecule has 3 aromatic heterocycles. The van der Waals surface area contributed by atoms with Crippen LogP contribution in [0.1, 0.15) is 83.2 Å². The molecule has 2 bridgehead atoms. The molecule has 1 unspecified atom stereocenters. The van der Waals surface area contributed by atoms with E-state index < -0.39 is 6.10 Å². The molecule has 7 heterocycles. The summed E-state index contributed by atoms with van der Waals surface area (Å²) >= 11 is 3.01. The Labute approximate surface area is 275 Å². The second-order valence-corrected chi connectivity index (χ2v) is 13.9. The van der Waals surface area contributed by atoms with Crippen molar-refractivity contribution in [3.05, 3.63) is 40.0 Å². The molecule has 3 atom stereocenters. The van der Waals surface area contributed by atoms with Gasteiger partial charge in [0.15, 0.2) is 5.13 Å². The number of aliphatic hydroxyl groups is 1. The van der Waals surface area contributed by atoms with E-state index in [-0.39, 0.29) is 5.91 Å². The van der Waals surface area contributed by atoms with E-state index in [9.17, 15) is 14.7 Å². The van der Waals surface area contributed by atoms with E-state index in [2.05, 4.69) is 25.2 Å². The maximum absolute atomic E-state index is 11.2. The van der Waals surface area contributed by atoms with Crippen LogP contribution in [0.15, 0.2) is 23.7 Å². The van der Waals surface area contributed by atoms with E-state index in [1.807, 2.05) is 75.1 Å². The van der Waals surface area contributed by atoms with Crippen molar-refractivity contribution < 1.29 is 14.7 Å². The predicted octanol–water partition coefficient (Wildman–Crippen LogP) is 6.04. The van der Waals surface area contributed by atoms with Crippen LogP contribution in [0.5, 0.6) is 0 Å². The molecule has 1 saturated carbocycles. The first-order chi connectivity index (χ1) is 21.6. The van der Waals surface area contributed by atoms with Crippen molar-refractivity contribution in [3.63, 3.8) is 0 Å². The number of piperidine rings is 1. The van der Waals surface area contributed by atoms with E-state index >= 15 is 0 Å². The fourth-order valence-corrected chi connectivity index (χ4v) is 8.25. The Kier molecular flexibility index (Phi) is 11.7. The van der Waals surface area contributed by atoms with Crippen molar-refractivity contribution in [2.24, 2.45) is 5.41 Å². The average molecular weight is 656 g/mol. The first-order valence-corrected chi connectivity index (χ1v) is 17.9. The number of piperazine rings is 1. The number of thiazole rings is 2. The van der Waals surface area contributed by atoms with Gasteiger partial charge in [-0.05, 0) is 51.7 Å². The number of pyridine rings is 1. The second-order valence-electron chi connectivity index (χ2n) is 12.0. The number of aryl methyl sites for hydroxylation is 2. The molecule has 5 aliphatic rings. The second kappa shape index (κ2) is 15.1. The van der Waals surface area contributed by atoms with Crippen LogP contribution in [0, 0.1) is 19.3 Å². The van der Waals surface area contributed by atoms with Gasteiger partial charge in [0.25, 0.3) is 0 Å². The van der Waals surface area contributed by atoms with E-state index in [4.69, 9.17) is 0 Å². The Morgan fingerprint density at radius 2 is 1.76 bits per heavy atom. The summed E-state index contributed by atoms with van der Waals surface area (Å²) < 4.78 is 0. The lowest BCUT2D eigenvalue weighted by Gasteiger charge is -2.64. The summed E-state index contributed by atoms with van der Waals surface area (Å²) in [5.74, 6) is 0.993. The van der Waals surface area contributed by atoms with Crippen LogP contribution in [0.4, 0.5) is 10.9 Å². The van der Waals surface area contributed by atoms with Gasteiger partial charge in [0.1, 0.15) is 16.9 Å². The van der Waals surface area contributed by atoms with Gasteiger partial charge in [-0.3, -0.25) is 14.5 Å². The lowest BCUT2D eigenvalue weighted by atomic mass is 9.59. The van der Waals surface area contributed by atoms with Gasteiger partial charge in [0.2, 0.25) is 12.3 Å². The molecular weight excluding hydrogens is 607 g/mol. The van der Waals surface area contributed by atoms with Crippen LogP contribution >= 0.6 is 22.7 Å². The van der Waals surface area contributed by atoms with Gasteiger partial charge in [-0.15, -0.1) is 22.7 Å². The third-order valence-corrected chi connectivity index (χ3v) is 10.9. The minimum atomic E-state index is -0.551. The summed E-state index contributed by atoms with van der Waals surface area (Å²) in [6.07, 6.45) is 5.99. The monoisotopic (exact) mass is 655 g/mol. The van der Waals surface area contributed by atoms with Crippen LogP contribution in [0.25, 0.3) is 10.6 Å². The van der Waals surface area contributed by atoms with Gasteiger partial charge in [-0.2, -0.15) is 0 Å². The van der Waals surface area contributed by atoms with Gasteiger partial charge in [0.05, 0.1) is 16.3 Å². The normalized spacial score (nSPS) is 21.7. The third-order valence-electron chi connectivity index (χ3n) is 8.80. The van der Waals surface area contributed by atoms with Crippen molar-refractivity contribution in [2.75, 3.05) is 31.5 Å². The molecule has 0 aromatic carbocycles. The van der Waals surface area contributed by atoms with Crippen molar-refractivity contribution in [3.8, 4) is 10.6 Å². The standard InChI is InChI=1S/C15H16N4OS2.C14H21N3O2.2C2H6/c1-8-4-5-12(16-6-8)19-15-18-11(7-21-15)13-9(2)17-14(22-13)10(3)20;1-10(19)16-7-14(8-16)3-13(4-14)15-5-11-2-12(6-15)17(11)9-18;2*1-2/h4-7,10,20H,1-3H3,(H,16,18,19);9,11-13H,2-8H2,1H3;2*1-2H3/t;11-,12+;;. The zero-order valence-electron chi connectivity index (χ0n) is 27.9. The van der Waals surface area contributed by atoms with Crippen molar-refractivity contribution in [1.82, 2.24) is 29.7 Å². The highest BCUT2D eigenvalue weighted by Crippen LogP contribution is 2.51. The first-order valence-electron chi connectivity index (χ1n) is 16.2. The van der Waals surface area contributed by atoms with E-state index in [1.54, 1.807) is 13.8 Å². The Hall–Kier alpha value is -2.93. The summed E-state index contributed by atoms with van der Waals surface area (Å²) in [6, 6.07) is 5.59. The molecule has 2 amide bonds. The largest absolute Gasteiger partial charge is 0.386 e. The smallest absolute Gasteiger partial charge is 0.219 e. The summed E-state index contributed by atoms with van der Waals surface area (Å²) in [4.78, 5) is 42.9. The quantitative estimate of drug-likeness (QED) is 0.309. The zero-order chi connectivity index (χ0) is 32.9. The van der Waals surface area contributed by atoms with Crippen molar-refractivity contribution in [2.45, 2.75) is 98.9 Å². The summed E-state index contributed by atoms with van der Waals surface area (Å²) in [5, 5.41) is 16.3. The molecule has 3 aromatic rings. The molecule has 4 saturated heterocycles. The van der Waals surface area contributed by atoms with Gasteiger partial charge < -0.3 is 20.2 Å². The summed E-state index contributed by atoms with van der Waals surface area (Å²) in [7, 11) is 0. The van der Waals surface area contributed by atoms with Crippen molar-refractivity contribution >= 4 is 45.9 Å². The fourth-order valence-electron chi connectivity index (χ4n) is 6.50. The van der Waals surface area contributed by atoms with E-state index in [0.29, 0.717) is 23.5 Å². The summed E-state index contributed by atoms with van der Waals surface area (Å²) in [6.45, 7) is 19.4. The number of hydrogen-bond acceptors (Lipinski definition) is 10. The van der Waals surface area contributed by atoms with Gasteiger partial charge >= 0.3 is 0 Å². The number of likely N-dealkylation sites (tertiary alicyclic amines) is 1. The third kappa shape index (κ3) is 7.73. The Balaban J connectivity index is 0.000000186. The Bertz CT molecular complexity index is 1400. The number of aliphatic hydroxyl groups excluding tert-OH is 1. The number of rotatable bonds is 6. The lowest BCUT2D eigenvalue weighted by Crippen LogP contribution is -2.73. The number of hydrogen-bond donors (Lipinski definition) is 2. The molecule has 10 nitrogen and oxygen atoms in total. The highest BCUT2D eigenvalue weighted by molar-refractivity contribution is 7.17. The molecule has 1 aliphatic carbocycles. The minimum absolute atomic E-state index is 0.218. The Morgan fingerprint density at radius 1 is 1.09 bits per heavy atom. The SMILES string of the molecule is CC.CC.CC(=O)N1CC2(CC(N3C[C@H]4C[C@@H](C3)N4C=O)C2)C1.Cc1ccc(Nc2nc(-c3sc(C(C)O)nc3C)cs2)nc1. The highest BCUT2D eigenvalue weighted by atomic mass is 32.1. The van der Waals surface area contributed by atoms with Gasteiger partial charge in [-0.1, -0.05) is 33.8 Å². The molecule has 5 fully saturated rings. The molecule has 0 radical (unpaired) electrons. The molecule has 8 rings (SSSR count). The molecule has 246 valence electrons. The van der Waals surface area contributed by atoms with Gasteiger partial charge in [0, 0.05) is 68.2 Å². The Morgan fingerprint density at radius 3 is 2.29 bits per heavy atom. The van der Waals surface area contributed by atoms with Crippen LogP contribution in [-0.4, -0.2) is 91.4 Å². The first kappa shape index (κ1) is 34.9. The van der Waals surface area contributed by atoms with Gasteiger partial charge in [-0.25, -0.2) is 15.0 Å². The van der Waals surface area contributed by atoms with Crippen molar-refractivity contribution in [1.29, 1.82) is 0 Å². The number of anilines is 2. The fraction of sp³-hybridized carbons (Fsp3) is 0.606. The average Bonchev–Trinajstić information content (AvgIpc) is 3.62. The zero-order valence-corrected chi connectivity index (χ0v) is 29.5. The maximum Gasteiger partial charge on any atom is 0.219 e. The number of fused-ring (bicyclic) bond motifs is 2. The lowest BCUT2D eigenvalue weighted by molar-refractivity contribution is -0.167. The predicted molar refractivity (Wildman–Crippen MR) is 183 cm³/mol. The van der Waals surface area contributed by atoms with Crippen LogP contribution < -0.4 is 5.32 Å². The number of carbonyl (C=O) groups excluding carboxylic acids is 2. The maximum atomic E-state index is 11.2. The molecule has 4 aliphatic heterocycles. The van der Waals surface area contributed by atoms with Crippen LogP contribution in [-0.2, 0) is 9.59 Å². The number of aromatic nitrogens is 3. The number of amides is 2. The number of nitrogens with one attached hydrogen (secondary N) is 1. The minimum Gasteiger partial charge on any atom is -0.386 e. The van der Waals surface area contributed by atoms with Crippen LogP contribution in [0.3, 0.4) is 0 Å². The molecule has 12 heteroatoms. The molecular formula is C33H49N7O3S2. The number of carbonyl (C=O) groups is 2.